The van der Waals surface area contributed by atoms with Gasteiger partial charge in [-0.3, -0.25) is 0 Å². The second-order valence-electron chi connectivity index (χ2n) is 3.96. The molecule has 1 aromatic heterocycles. The molecular weight excluding hydrogens is 204 g/mol. The van der Waals surface area contributed by atoms with Gasteiger partial charge in [-0.25, -0.2) is 4.98 Å². The van der Waals surface area contributed by atoms with E-state index < -0.39 is 0 Å². The van der Waals surface area contributed by atoms with Crippen molar-refractivity contribution in [3.05, 3.63) is 24.0 Å². The number of hydrogen-bond acceptors (Lipinski definition) is 4. The summed E-state index contributed by atoms with van der Waals surface area (Å²) in [6.45, 7) is 2.43. The Morgan fingerprint density at radius 1 is 1.44 bits per heavy atom. The summed E-state index contributed by atoms with van der Waals surface area (Å²) in [5.74, 6) is 0.868. The van der Waals surface area contributed by atoms with Crippen molar-refractivity contribution in [3.8, 4) is 0 Å². The number of aromatic amines is 1. The minimum absolute atomic E-state index is 0.0161. The Bertz CT molecular complexity index is 502. The topological polar surface area (TPSA) is 76.0 Å². The minimum atomic E-state index is 0.0161. The Labute approximate surface area is 93.0 Å². The highest BCUT2D eigenvalue weighted by Crippen LogP contribution is 2.21. The maximum absolute atomic E-state index is 5.72. The molecule has 1 aliphatic rings. The fourth-order valence-electron chi connectivity index (χ4n) is 1.94. The van der Waals surface area contributed by atoms with Crippen molar-refractivity contribution in [2.24, 2.45) is 0 Å². The number of aromatic nitrogens is 2. The lowest BCUT2D eigenvalue weighted by Gasteiger charge is -2.21. The van der Waals surface area contributed by atoms with E-state index in [1.807, 2.05) is 18.2 Å². The van der Waals surface area contributed by atoms with Gasteiger partial charge in [0.05, 0.1) is 17.6 Å². The van der Waals surface area contributed by atoms with Gasteiger partial charge in [0, 0.05) is 18.8 Å². The molecule has 1 aliphatic heterocycles. The van der Waals surface area contributed by atoms with E-state index in [2.05, 4.69) is 15.3 Å². The molecular formula is C11H14N4O. The first-order valence-electron chi connectivity index (χ1n) is 5.40. The highest BCUT2D eigenvalue weighted by Gasteiger charge is 2.18. The number of benzene rings is 1. The lowest BCUT2D eigenvalue weighted by molar-refractivity contribution is 0.0228. The third kappa shape index (κ3) is 1.64. The van der Waals surface area contributed by atoms with Crippen LogP contribution in [-0.4, -0.2) is 29.7 Å². The first-order valence-corrected chi connectivity index (χ1v) is 5.40. The first-order chi connectivity index (χ1) is 7.83. The summed E-state index contributed by atoms with van der Waals surface area (Å²) >= 11 is 0. The van der Waals surface area contributed by atoms with Crippen LogP contribution in [0.5, 0.6) is 0 Å². The van der Waals surface area contributed by atoms with Gasteiger partial charge < -0.3 is 20.8 Å². The zero-order valence-corrected chi connectivity index (χ0v) is 8.86. The van der Waals surface area contributed by atoms with Crippen LogP contribution in [0.1, 0.15) is 11.9 Å². The number of nitrogens with one attached hydrogen (secondary N) is 2. The number of rotatable bonds is 1. The predicted molar refractivity (Wildman–Crippen MR) is 62.1 cm³/mol. The molecule has 0 amide bonds. The number of nitrogens with two attached hydrogens (primary N) is 1. The standard InChI is InChI=1S/C11H14N4O/c12-7-1-2-8-9(5-7)15-11(14-8)10-6-13-3-4-16-10/h1-2,5,10,13H,3-4,6,12H2,(H,14,15). The van der Waals surface area contributed by atoms with Crippen LogP contribution >= 0.6 is 0 Å². The number of ether oxygens (including phenoxy) is 1. The van der Waals surface area contributed by atoms with Crippen LogP contribution in [0.25, 0.3) is 11.0 Å². The molecule has 1 fully saturated rings. The van der Waals surface area contributed by atoms with E-state index in [1.54, 1.807) is 0 Å². The SMILES string of the molecule is Nc1ccc2nc(C3CNCCO3)[nH]c2c1. The normalized spacial score (nSPS) is 21.4. The van der Waals surface area contributed by atoms with Gasteiger partial charge in [-0.2, -0.15) is 0 Å². The van der Waals surface area contributed by atoms with Gasteiger partial charge >= 0.3 is 0 Å². The molecule has 1 atom stereocenters. The average Bonchev–Trinajstić information content (AvgIpc) is 2.73. The maximum Gasteiger partial charge on any atom is 0.137 e. The van der Waals surface area contributed by atoms with E-state index in [9.17, 15) is 0 Å². The second kappa shape index (κ2) is 3.77. The fraction of sp³-hybridized carbons (Fsp3) is 0.364. The summed E-state index contributed by atoms with van der Waals surface area (Å²) in [4.78, 5) is 7.75. The third-order valence-corrected chi connectivity index (χ3v) is 2.76. The minimum Gasteiger partial charge on any atom is -0.399 e. The van der Waals surface area contributed by atoms with E-state index >= 15 is 0 Å². The quantitative estimate of drug-likeness (QED) is 0.619. The maximum atomic E-state index is 5.72. The van der Waals surface area contributed by atoms with Gasteiger partial charge in [0.15, 0.2) is 0 Å². The van der Waals surface area contributed by atoms with Crippen molar-refractivity contribution in [3.63, 3.8) is 0 Å². The van der Waals surface area contributed by atoms with Crippen LogP contribution in [0.2, 0.25) is 0 Å². The molecule has 3 rings (SSSR count). The van der Waals surface area contributed by atoms with Crippen LogP contribution in [-0.2, 0) is 4.74 Å². The number of anilines is 1. The first kappa shape index (κ1) is 9.62. The number of hydrogen-bond donors (Lipinski definition) is 3. The van der Waals surface area contributed by atoms with Gasteiger partial charge in [-0.05, 0) is 18.2 Å². The van der Waals surface area contributed by atoms with Gasteiger partial charge in [-0.1, -0.05) is 0 Å². The molecule has 5 heteroatoms. The summed E-state index contributed by atoms with van der Waals surface area (Å²) in [5.41, 5.74) is 8.35. The number of fused-ring (bicyclic) bond motifs is 1. The van der Waals surface area contributed by atoms with Crippen molar-refractivity contribution in [2.45, 2.75) is 6.10 Å². The number of imidazole rings is 1. The number of morpholine rings is 1. The lowest BCUT2D eigenvalue weighted by Crippen LogP contribution is -2.33. The van der Waals surface area contributed by atoms with E-state index in [1.165, 1.54) is 0 Å². The van der Waals surface area contributed by atoms with Crippen LogP contribution in [0.3, 0.4) is 0 Å². The van der Waals surface area contributed by atoms with E-state index in [-0.39, 0.29) is 6.10 Å². The molecule has 1 unspecified atom stereocenters. The largest absolute Gasteiger partial charge is 0.399 e. The van der Waals surface area contributed by atoms with Gasteiger partial charge in [0.2, 0.25) is 0 Å². The van der Waals surface area contributed by atoms with Crippen LogP contribution < -0.4 is 11.1 Å². The Kier molecular flexibility index (Phi) is 2.27. The molecule has 0 spiro atoms. The molecule has 0 radical (unpaired) electrons. The summed E-state index contributed by atoms with van der Waals surface area (Å²) in [7, 11) is 0. The molecule has 84 valence electrons. The highest BCUT2D eigenvalue weighted by atomic mass is 16.5. The summed E-state index contributed by atoms with van der Waals surface area (Å²) in [5, 5.41) is 3.28. The summed E-state index contributed by atoms with van der Waals surface area (Å²) in [6.07, 6.45) is 0.0161. The number of nitrogen functional groups attached to an aromatic ring is 1. The molecule has 5 nitrogen and oxygen atoms in total. The predicted octanol–water partition coefficient (Wildman–Crippen LogP) is 0.806. The van der Waals surface area contributed by atoms with E-state index in [0.717, 1.165) is 42.2 Å². The molecule has 1 saturated heterocycles. The molecule has 0 bridgehead atoms. The third-order valence-electron chi connectivity index (χ3n) is 2.76. The highest BCUT2D eigenvalue weighted by molar-refractivity contribution is 5.78. The summed E-state index contributed by atoms with van der Waals surface area (Å²) in [6, 6.07) is 5.66. The smallest absolute Gasteiger partial charge is 0.137 e. The lowest BCUT2D eigenvalue weighted by atomic mass is 10.3. The molecule has 1 aromatic carbocycles. The zero-order chi connectivity index (χ0) is 11.0. The Morgan fingerprint density at radius 3 is 3.19 bits per heavy atom. The Hall–Kier alpha value is -1.59. The van der Waals surface area contributed by atoms with E-state index in [0.29, 0.717) is 0 Å². The molecule has 4 N–H and O–H groups in total. The van der Waals surface area contributed by atoms with Crippen molar-refractivity contribution < 1.29 is 4.74 Å². The Balaban J connectivity index is 1.97. The van der Waals surface area contributed by atoms with Crippen molar-refractivity contribution in [2.75, 3.05) is 25.4 Å². The van der Waals surface area contributed by atoms with Crippen LogP contribution in [0.15, 0.2) is 18.2 Å². The second-order valence-corrected chi connectivity index (χ2v) is 3.96. The average molecular weight is 218 g/mol. The number of nitrogens with zero attached hydrogens (tertiary/aromatic N) is 1. The monoisotopic (exact) mass is 218 g/mol. The van der Waals surface area contributed by atoms with Crippen molar-refractivity contribution >= 4 is 16.7 Å². The molecule has 16 heavy (non-hydrogen) atoms. The van der Waals surface area contributed by atoms with Gasteiger partial charge in [0.25, 0.3) is 0 Å². The summed E-state index contributed by atoms with van der Waals surface area (Å²) < 4.78 is 5.64. The van der Waals surface area contributed by atoms with Gasteiger partial charge in [0.1, 0.15) is 11.9 Å². The fourth-order valence-corrected chi connectivity index (χ4v) is 1.94. The Morgan fingerprint density at radius 2 is 2.38 bits per heavy atom. The molecule has 0 saturated carbocycles. The van der Waals surface area contributed by atoms with Crippen molar-refractivity contribution in [1.82, 2.24) is 15.3 Å². The van der Waals surface area contributed by atoms with Crippen LogP contribution in [0.4, 0.5) is 5.69 Å². The van der Waals surface area contributed by atoms with Crippen LogP contribution in [0, 0.1) is 0 Å². The van der Waals surface area contributed by atoms with Gasteiger partial charge in [-0.15, -0.1) is 0 Å². The van der Waals surface area contributed by atoms with Crippen molar-refractivity contribution in [1.29, 1.82) is 0 Å². The molecule has 2 heterocycles. The van der Waals surface area contributed by atoms with E-state index in [4.69, 9.17) is 10.5 Å². The molecule has 2 aromatic rings. The number of H-pyrrole nitrogens is 1. The zero-order valence-electron chi connectivity index (χ0n) is 8.86. The molecule has 0 aliphatic carbocycles.